The lowest BCUT2D eigenvalue weighted by atomic mass is 10.1. The van der Waals surface area contributed by atoms with Crippen molar-refractivity contribution >= 4 is 28.2 Å². The number of fused-ring (bicyclic) bond motifs is 4. The number of amides is 1. The summed E-state index contributed by atoms with van der Waals surface area (Å²) >= 11 is 0. The molecule has 1 heterocycles. The zero-order valence-corrected chi connectivity index (χ0v) is 14.7. The van der Waals surface area contributed by atoms with Gasteiger partial charge in [0.1, 0.15) is 0 Å². The van der Waals surface area contributed by atoms with Crippen molar-refractivity contribution in [3.8, 4) is 11.1 Å². The Morgan fingerprint density at radius 2 is 1.82 bits per heavy atom. The second-order valence-corrected chi connectivity index (χ2v) is 6.85. The first-order valence-electron chi connectivity index (χ1n) is 8.88. The first-order chi connectivity index (χ1) is 13.6. The maximum atomic E-state index is 12.8. The summed E-state index contributed by atoms with van der Waals surface area (Å²) in [5, 5.41) is 14.5. The molecule has 6 nitrogen and oxygen atoms in total. The molecule has 0 saturated heterocycles. The van der Waals surface area contributed by atoms with Crippen LogP contribution in [0.25, 0.3) is 22.0 Å². The van der Waals surface area contributed by atoms with E-state index in [1.807, 2.05) is 30.3 Å². The van der Waals surface area contributed by atoms with Crippen LogP contribution in [0.4, 0.5) is 11.4 Å². The number of carbonyl (C=O) groups excluding carboxylic acids is 1. The zero-order chi connectivity index (χ0) is 19.3. The summed E-state index contributed by atoms with van der Waals surface area (Å²) in [5.74, 6) is -0.304. The van der Waals surface area contributed by atoms with Crippen LogP contribution in [0, 0.1) is 10.1 Å². The number of hydrogen-bond acceptors (Lipinski definition) is 3. The van der Waals surface area contributed by atoms with Crippen LogP contribution in [-0.4, -0.2) is 15.8 Å². The van der Waals surface area contributed by atoms with Gasteiger partial charge in [-0.05, 0) is 46.9 Å². The van der Waals surface area contributed by atoms with Crippen LogP contribution in [0.3, 0.4) is 0 Å². The van der Waals surface area contributed by atoms with Gasteiger partial charge in [0.25, 0.3) is 11.6 Å². The molecule has 0 spiro atoms. The minimum Gasteiger partial charge on any atom is -0.360 e. The molecule has 0 aliphatic heterocycles. The molecule has 3 aromatic carbocycles. The number of anilines is 1. The van der Waals surface area contributed by atoms with E-state index in [0.29, 0.717) is 22.2 Å². The first-order valence-corrected chi connectivity index (χ1v) is 8.88. The molecule has 0 saturated carbocycles. The van der Waals surface area contributed by atoms with Crippen LogP contribution in [0.1, 0.15) is 21.5 Å². The molecule has 0 bridgehead atoms. The van der Waals surface area contributed by atoms with Gasteiger partial charge >= 0.3 is 0 Å². The Balaban J connectivity index is 1.45. The third kappa shape index (κ3) is 2.54. The van der Waals surface area contributed by atoms with Gasteiger partial charge < -0.3 is 10.3 Å². The minimum atomic E-state index is -0.466. The van der Waals surface area contributed by atoms with Gasteiger partial charge in [-0.2, -0.15) is 0 Å². The van der Waals surface area contributed by atoms with E-state index >= 15 is 0 Å². The fraction of sp³-hybridized carbons (Fsp3) is 0.0455. The predicted octanol–water partition coefficient (Wildman–Crippen LogP) is 4.90. The summed E-state index contributed by atoms with van der Waals surface area (Å²) in [5.41, 5.74) is 6.60. The van der Waals surface area contributed by atoms with Crippen molar-refractivity contribution in [1.82, 2.24) is 4.98 Å². The number of benzene rings is 3. The molecule has 1 aliphatic rings. The average Bonchev–Trinajstić information content (AvgIpc) is 3.28. The van der Waals surface area contributed by atoms with Crippen LogP contribution in [0.15, 0.2) is 66.9 Å². The SMILES string of the molecule is O=C(Nc1ccc2c(c1)Cc1ccccc1-2)c1c[nH]c2ccc([N+](=O)[O-])cc12. The molecule has 136 valence electrons. The number of aromatic nitrogens is 1. The van der Waals surface area contributed by atoms with Gasteiger partial charge in [0.2, 0.25) is 0 Å². The Morgan fingerprint density at radius 1 is 1.00 bits per heavy atom. The summed E-state index contributed by atoms with van der Waals surface area (Å²) in [4.78, 5) is 26.3. The molecule has 28 heavy (non-hydrogen) atoms. The van der Waals surface area contributed by atoms with Crippen molar-refractivity contribution in [2.45, 2.75) is 6.42 Å². The normalized spacial score (nSPS) is 11.9. The highest BCUT2D eigenvalue weighted by atomic mass is 16.6. The molecule has 6 heteroatoms. The lowest BCUT2D eigenvalue weighted by Gasteiger charge is -2.07. The second kappa shape index (κ2) is 6.06. The fourth-order valence-corrected chi connectivity index (χ4v) is 3.83. The predicted molar refractivity (Wildman–Crippen MR) is 108 cm³/mol. The van der Waals surface area contributed by atoms with E-state index in [-0.39, 0.29) is 11.6 Å². The lowest BCUT2D eigenvalue weighted by molar-refractivity contribution is -0.384. The van der Waals surface area contributed by atoms with Gasteiger partial charge in [-0.1, -0.05) is 30.3 Å². The van der Waals surface area contributed by atoms with Crippen molar-refractivity contribution in [2.75, 3.05) is 5.32 Å². The Hall–Kier alpha value is -3.93. The van der Waals surface area contributed by atoms with Crippen LogP contribution in [-0.2, 0) is 6.42 Å². The molecule has 1 aliphatic carbocycles. The molecule has 1 amide bonds. The largest absolute Gasteiger partial charge is 0.360 e. The molecule has 1 aromatic heterocycles. The van der Waals surface area contributed by atoms with Crippen LogP contribution in [0.5, 0.6) is 0 Å². The third-order valence-electron chi connectivity index (χ3n) is 5.17. The number of nitro benzene ring substituents is 1. The fourth-order valence-electron chi connectivity index (χ4n) is 3.83. The van der Waals surface area contributed by atoms with Crippen LogP contribution in [0.2, 0.25) is 0 Å². The molecule has 0 atom stereocenters. The number of nitro groups is 1. The number of hydrogen-bond donors (Lipinski definition) is 2. The topological polar surface area (TPSA) is 88.0 Å². The third-order valence-corrected chi connectivity index (χ3v) is 5.17. The number of carbonyl (C=O) groups is 1. The quantitative estimate of drug-likeness (QED) is 0.350. The highest BCUT2D eigenvalue weighted by molar-refractivity contribution is 6.13. The number of non-ortho nitro benzene ring substituents is 1. The number of nitrogens with one attached hydrogen (secondary N) is 2. The van der Waals surface area contributed by atoms with E-state index in [1.165, 1.54) is 34.4 Å². The van der Waals surface area contributed by atoms with E-state index in [1.54, 1.807) is 12.3 Å². The van der Waals surface area contributed by atoms with Gasteiger partial charge in [0.05, 0.1) is 10.5 Å². The minimum absolute atomic E-state index is 0.0450. The maximum Gasteiger partial charge on any atom is 0.270 e. The van der Waals surface area contributed by atoms with Gasteiger partial charge in [-0.25, -0.2) is 0 Å². The molecule has 5 rings (SSSR count). The molecule has 0 unspecified atom stereocenters. The summed E-state index contributed by atoms with van der Waals surface area (Å²) in [6.45, 7) is 0. The zero-order valence-electron chi connectivity index (χ0n) is 14.7. The number of H-pyrrole nitrogens is 1. The van der Waals surface area contributed by atoms with Crippen molar-refractivity contribution in [2.24, 2.45) is 0 Å². The van der Waals surface area contributed by atoms with E-state index in [0.717, 1.165) is 6.42 Å². The highest BCUT2D eigenvalue weighted by Gasteiger charge is 2.19. The Kier molecular flexibility index (Phi) is 3.52. The standard InChI is InChI=1S/C22H15N3O3/c26-22(20-12-23-21-8-6-16(25(27)28)11-19(20)21)24-15-5-7-18-14(10-15)9-13-3-1-2-4-17(13)18/h1-8,10-12,23H,9H2,(H,24,26). The van der Waals surface area contributed by atoms with Crippen molar-refractivity contribution < 1.29 is 9.72 Å². The second-order valence-electron chi connectivity index (χ2n) is 6.85. The summed E-state index contributed by atoms with van der Waals surface area (Å²) in [6.07, 6.45) is 2.42. The molecule has 0 radical (unpaired) electrons. The van der Waals surface area contributed by atoms with Gasteiger partial charge in [0.15, 0.2) is 0 Å². The first kappa shape index (κ1) is 16.3. The highest BCUT2D eigenvalue weighted by Crippen LogP contribution is 2.37. The summed E-state index contributed by atoms with van der Waals surface area (Å²) in [7, 11) is 0. The van der Waals surface area contributed by atoms with Gasteiger partial charge in [-0.15, -0.1) is 0 Å². The van der Waals surface area contributed by atoms with Gasteiger partial charge in [-0.3, -0.25) is 14.9 Å². The summed E-state index contributed by atoms with van der Waals surface area (Å²) in [6, 6.07) is 18.6. The van der Waals surface area contributed by atoms with E-state index in [4.69, 9.17) is 0 Å². The van der Waals surface area contributed by atoms with E-state index in [2.05, 4.69) is 22.4 Å². The summed E-state index contributed by atoms with van der Waals surface area (Å²) < 4.78 is 0. The number of nitrogens with zero attached hydrogens (tertiary/aromatic N) is 1. The average molecular weight is 369 g/mol. The Bertz CT molecular complexity index is 1270. The molecular weight excluding hydrogens is 354 g/mol. The molecule has 2 N–H and O–H groups in total. The molecule has 0 fully saturated rings. The smallest absolute Gasteiger partial charge is 0.270 e. The van der Waals surface area contributed by atoms with E-state index in [9.17, 15) is 14.9 Å². The maximum absolute atomic E-state index is 12.8. The van der Waals surface area contributed by atoms with Crippen LogP contribution < -0.4 is 5.32 Å². The number of aromatic amines is 1. The van der Waals surface area contributed by atoms with Crippen molar-refractivity contribution in [3.63, 3.8) is 0 Å². The van der Waals surface area contributed by atoms with Crippen LogP contribution >= 0.6 is 0 Å². The number of rotatable bonds is 3. The molecule has 4 aromatic rings. The Morgan fingerprint density at radius 3 is 2.68 bits per heavy atom. The lowest BCUT2D eigenvalue weighted by Crippen LogP contribution is -2.11. The monoisotopic (exact) mass is 369 g/mol. The van der Waals surface area contributed by atoms with Crippen molar-refractivity contribution in [1.29, 1.82) is 0 Å². The van der Waals surface area contributed by atoms with E-state index < -0.39 is 4.92 Å². The van der Waals surface area contributed by atoms with Gasteiger partial charge in [0, 0.05) is 34.9 Å². The molecular formula is C22H15N3O3. The Labute approximate surface area is 160 Å². The van der Waals surface area contributed by atoms with Crippen molar-refractivity contribution in [3.05, 3.63) is 93.7 Å².